The van der Waals surface area contributed by atoms with Crippen LogP contribution >= 0.6 is 0 Å². The van der Waals surface area contributed by atoms with E-state index in [-0.39, 0.29) is 19.1 Å². The molecule has 0 aliphatic carbocycles. The van der Waals surface area contributed by atoms with Crippen molar-refractivity contribution in [2.24, 2.45) is 5.73 Å². The molecular formula is C14H18N2O2. The van der Waals surface area contributed by atoms with Gasteiger partial charge >= 0.3 is 0 Å². The molecule has 4 nitrogen and oxygen atoms in total. The fourth-order valence-corrected chi connectivity index (χ4v) is 1.55. The predicted octanol–water partition coefficient (Wildman–Crippen LogP) is 0.370. The summed E-state index contributed by atoms with van der Waals surface area (Å²) in [7, 11) is 1.65. The highest BCUT2D eigenvalue weighted by atomic mass is 16.3. The Bertz CT molecular complexity index is 486. The number of aryl methyl sites for hydroxylation is 1. The number of nitrogens with zero attached hydrogens (tertiary/aromatic N) is 1. The Morgan fingerprint density at radius 1 is 1.50 bits per heavy atom. The Morgan fingerprint density at radius 2 is 2.22 bits per heavy atom. The molecule has 0 fully saturated rings. The van der Waals surface area contributed by atoms with E-state index in [0.29, 0.717) is 17.7 Å². The zero-order valence-electron chi connectivity index (χ0n) is 10.7. The monoisotopic (exact) mass is 246 g/mol. The second-order valence-corrected chi connectivity index (χ2v) is 4.01. The van der Waals surface area contributed by atoms with Crippen molar-refractivity contribution in [3.63, 3.8) is 0 Å². The summed E-state index contributed by atoms with van der Waals surface area (Å²) in [6, 6.07) is 5.49. The molecule has 1 amide bonds. The lowest BCUT2D eigenvalue weighted by Gasteiger charge is -2.16. The number of carbonyl (C=O) groups excluding carboxylic acids is 1. The highest BCUT2D eigenvalue weighted by Gasteiger charge is 2.14. The number of aliphatic hydroxyl groups excluding tert-OH is 1. The minimum atomic E-state index is -0.148. The fourth-order valence-electron chi connectivity index (χ4n) is 1.55. The molecule has 1 aromatic rings. The van der Waals surface area contributed by atoms with Gasteiger partial charge in [0.1, 0.15) is 0 Å². The van der Waals surface area contributed by atoms with E-state index in [4.69, 9.17) is 10.8 Å². The molecule has 0 saturated carbocycles. The van der Waals surface area contributed by atoms with Crippen molar-refractivity contribution in [1.29, 1.82) is 0 Å². The van der Waals surface area contributed by atoms with Gasteiger partial charge in [-0.2, -0.15) is 0 Å². The summed E-state index contributed by atoms with van der Waals surface area (Å²) in [4.78, 5) is 13.6. The second kappa shape index (κ2) is 6.80. The Kier molecular flexibility index (Phi) is 5.37. The first-order valence-corrected chi connectivity index (χ1v) is 5.76. The summed E-state index contributed by atoms with van der Waals surface area (Å²) in [5, 5.41) is 8.85. The van der Waals surface area contributed by atoms with Crippen molar-refractivity contribution in [3.05, 3.63) is 34.9 Å². The van der Waals surface area contributed by atoms with Crippen LogP contribution in [0.3, 0.4) is 0 Å². The lowest BCUT2D eigenvalue weighted by atomic mass is 10.0. The van der Waals surface area contributed by atoms with Gasteiger partial charge in [0.15, 0.2) is 0 Å². The van der Waals surface area contributed by atoms with Gasteiger partial charge in [0, 0.05) is 19.2 Å². The molecule has 0 saturated heterocycles. The third-order valence-electron chi connectivity index (χ3n) is 2.51. The second-order valence-electron chi connectivity index (χ2n) is 4.01. The van der Waals surface area contributed by atoms with Gasteiger partial charge in [-0.3, -0.25) is 4.79 Å². The predicted molar refractivity (Wildman–Crippen MR) is 71.2 cm³/mol. The van der Waals surface area contributed by atoms with Gasteiger partial charge in [-0.05, 0) is 24.6 Å². The SMILES string of the molecule is Cc1ccc(C(=O)N(C)CCO)c(C#CCN)c1. The van der Waals surface area contributed by atoms with Crippen LogP contribution in [0.15, 0.2) is 18.2 Å². The highest BCUT2D eigenvalue weighted by molar-refractivity contribution is 5.96. The van der Waals surface area contributed by atoms with Crippen LogP contribution in [-0.2, 0) is 0 Å². The maximum Gasteiger partial charge on any atom is 0.254 e. The zero-order valence-corrected chi connectivity index (χ0v) is 10.7. The zero-order chi connectivity index (χ0) is 13.5. The van der Waals surface area contributed by atoms with Gasteiger partial charge in [-0.25, -0.2) is 0 Å². The normalized spacial score (nSPS) is 9.56. The number of amides is 1. The van der Waals surface area contributed by atoms with Crippen molar-refractivity contribution in [2.75, 3.05) is 26.7 Å². The van der Waals surface area contributed by atoms with Gasteiger partial charge in [0.05, 0.1) is 18.7 Å². The molecule has 0 unspecified atom stereocenters. The van der Waals surface area contributed by atoms with Crippen LogP contribution in [-0.4, -0.2) is 42.7 Å². The van der Waals surface area contributed by atoms with E-state index in [1.54, 1.807) is 13.1 Å². The topological polar surface area (TPSA) is 66.6 Å². The van der Waals surface area contributed by atoms with Crippen LogP contribution in [0.5, 0.6) is 0 Å². The summed E-state index contributed by atoms with van der Waals surface area (Å²) in [5.41, 5.74) is 7.60. The number of hydrogen-bond acceptors (Lipinski definition) is 3. The molecule has 0 aliphatic rings. The molecule has 1 rings (SSSR count). The Hall–Kier alpha value is -1.83. The van der Waals surface area contributed by atoms with Crippen LogP contribution in [0.25, 0.3) is 0 Å². The van der Waals surface area contributed by atoms with Crippen molar-refractivity contribution in [2.45, 2.75) is 6.92 Å². The maximum absolute atomic E-state index is 12.1. The Morgan fingerprint density at radius 3 is 2.83 bits per heavy atom. The van der Waals surface area contributed by atoms with E-state index in [9.17, 15) is 4.79 Å². The molecule has 0 aliphatic heterocycles. The minimum Gasteiger partial charge on any atom is -0.395 e. The number of hydrogen-bond donors (Lipinski definition) is 2. The number of benzene rings is 1. The van der Waals surface area contributed by atoms with Gasteiger partial charge in [0.25, 0.3) is 5.91 Å². The molecule has 18 heavy (non-hydrogen) atoms. The van der Waals surface area contributed by atoms with Gasteiger partial charge in [-0.1, -0.05) is 17.9 Å². The molecular weight excluding hydrogens is 228 g/mol. The lowest BCUT2D eigenvalue weighted by Crippen LogP contribution is -2.30. The number of likely N-dealkylation sites (N-methyl/N-ethyl adjacent to an activating group) is 1. The lowest BCUT2D eigenvalue weighted by molar-refractivity contribution is 0.0766. The first-order chi connectivity index (χ1) is 8.60. The molecule has 0 atom stereocenters. The van der Waals surface area contributed by atoms with Crippen molar-refractivity contribution in [1.82, 2.24) is 4.90 Å². The quantitative estimate of drug-likeness (QED) is 0.757. The average molecular weight is 246 g/mol. The molecule has 0 aromatic heterocycles. The van der Waals surface area contributed by atoms with Gasteiger partial charge in [-0.15, -0.1) is 0 Å². The van der Waals surface area contributed by atoms with E-state index in [0.717, 1.165) is 5.56 Å². The van der Waals surface area contributed by atoms with E-state index < -0.39 is 0 Å². The van der Waals surface area contributed by atoms with Gasteiger partial charge in [0.2, 0.25) is 0 Å². The molecule has 3 N–H and O–H groups in total. The largest absolute Gasteiger partial charge is 0.395 e. The number of carbonyl (C=O) groups is 1. The Labute approximate surface area is 107 Å². The third-order valence-corrected chi connectivity index (χ3v) is 2.51. The van der Waals surface area contributed by atoms with Crippen molar-refractivity contribution in [3.8, 4) is 11.8 Å². The number of nitrogens with two attached hydrogens (primary N) is 1. The van der Waals surface area contributed by atoms with Crippen molar-refractivity contribution < 1.29 is 9.90 Å². The summed E-state index contributed by atoms with van der Waals surface area (Å²) in [5.74, 6) is 5.51. The number of rotatable bonds is 3. The van der Waals surface area contributed by atoms with E-state index in [2.05, 4.69) is 11.8 Å². The molecule has 0 heterocycles. The van der Waals surface area contributed by atoms with Crippen molar-refractivity contribution >= 4 is 5.91 Å². The highest BCUT2D eigenvalue weighted by Crippen LogP contribution is 2.12. The fraction of sp³-hybridized carbons (Fsp3) is 0.357. The smallest absolute Gasteiger partial charge is 0.254 e. The van der Waals surface area contributed by atoms with Crippen LogP contribution in [0.2, 0.25) is 0 Å². The van der Waals surface area contributed by atoms with Crippen LogP contribution in [0.1, 0.15) is 21.5 Å². The Balaban J connectivity index is 3.11. The van der Waals surface area contributed by atoms with Crippen LogP contribution < -0.4 is 5.73 Å². The molecule has 1 aromatic carbocycles. The van der Waals surface area contributed by atoms with E-state index in [1.807, 2.05) is 19.1 Å². The molecule has 4 heteroatoms. The summed E-state index contributed by atoms with van der Waals surface area (Å²) in [6.07, 6.45) is 0. The standard InChI is InChI=1S/C14H18N2O2/c1-11-5-6-13(12(10-11)4-3-7-15)14(18)16(2)8-9-17/h5-6,10,17H,7-9,15H2,1-2H3. The van der Waals surface area contributed by atoms with Crippen LogP contribution in [0, 0.1) is 18.8 Å². The third kappa shape index (κ3) is 3.59. The maximum atomic E-state index is 12.1. The summed E-state index contributed by atoms with van der Waals surface area (Å²) < 4.78 is 0. The summed E-state index contributed by atoms with van der Waals surface area (Å²) in [6.45, 7) is 2.45. The van der Waals surface area contributed by atoms with Gasteiger partial charge < -0.3 is 15.7 Å². The minimum absolute atomic E-state index is 0.0576. The number of aliphatic hydroxyl groups is 1. The van der Waals surface area contributed by atoms with Crippen LogP contribution in [0.4, 0.5) is 0 Å². The summed E-state index contributed by atoms with van der Waals surface area (Å²) >= 11 is 0. The first-order valence-electron chi connectivity index (χ1n) is 5.76. The molecule has 0 radical (unpaired) electrons. The molecule has 96 valence electrons. The molecule has 0 spiro atoms. The first kappa shape index (κ1) is 14.2. The average Bonchev–Trinajstić information content (AvgIpc) is 2.36. The van der Waals surface area contributed by atoms with E-state index in [1.165, 1.54) is 4.90 Å². The molecule has 0 bridgehead atoms. The van der Waals surface area contributed by atoms with E-state index >= 15 is 0 Å².